The molecular formula is C45H60Cl2O6. The molecule has 0 spiro atoms. The van der Waals surface area contributed by atoms with Crippen molar-refractivity contribution in [1.29, 1.82) is 0 Å². The molecule has 4 aliphatic carbocycles. The lowest BCUT2D eigenvalue weighted by molar-refractivity contribution is -0.121. The van der Waals surface area contributed by atoms with Gasteiger partial charge < -0.3 is 20.4 Å². The second-order valence-electron chi connectivity index (χ2n) is 18.3. The van der Waals surface area contributed by atoms with Crippen molar-refractivity contribution < 1.29 is 30.0 Å². The van der Waals surface area contributed by atoms with E-state index in [1.807, 2.05) is 6.08 Å². The van der Waals surface area contributed by atoms with Crippen LogP contribution in [0.2, 0.25) is 10.0 Å². The molecule has 0 heterocycles. The molecule has 4 N–H and O–H groups in total. The maximum absolute atomic E-state index is 12.0. The average Bonchev–Trinajstić information content (AvgIpc) is 3.46. The highest BCUT2D eigenvalue weighted by Gasteiger charge is 2.60. The maximum Gasteiger partial charge on any atom is 0.339 e. The second-order valence-corrected chi connectivity index (χ2v) is 19.2. The van der Waals surface area contributed by atoms with Gasteiger partial charge in [0.1, 0.15) is 22.6 Å². The van der Waals surface area contributed by atoms with E-state index in [2.05, 4.69) is 34.6 Å². The van der Waals surface area contributed by atoms with E-state index in [1.165, 1.54) is 101 Å². The largest absolute Gasteiger partial charge is 0.505 e. The summed E-state index contributed by atoms with van der Waals surface area (Å²) < 4.78 is 0. The van der Waals surface area contributed by atoms with E-state index in [4.69, 9.17) is 23.2 Å². The lowest BCUT2D eigenvalue weighted by Gasteiger charge is -2.61. The third-order valence-corrected chi connectivity index (χ3v) is 15.7. The molecular weight excluding hydrogens is 707 g/mol. The molecule has 0 radical (unpaired) electrons. The van der Waals surface area contributed by atoms with Crippen molar-refractivity contribution >= 4 is 40.7 Å². The second kappa shape index (κ2) is 15.8. The predicted molar refractivity (Wildman–Crippen MR) is 213 cm³/mol. The molecule has 4 aliphatic rings. The molecule has 0 saturated heterocycles. The van der Waals surface area contributed by atoms with Crippen molar-refractivity contribution in [2.75, 3.05) is 0 Å². The zero-order valence-corrected chi connectivity index (χ0v) is 33.8. The number of phenols is 2. The molecule has 4 unspecified atom stereocenters. The number of fused-ring (bicyclic) bond motifs is 5. The Morgan fingerprint density at radius 3 is 1.96 bits per heavy atom. The highest BCUT2D eigenvalue weighted by molar-refractivity contribution is 6.33. The predicted octanol–water partition coefficient (Wildman–Crippen LogP) is 12.8. The van der Waals surface area contributed by atoms with Gasteiger partial charge in [-0.2, -0.15) is 0 Å². The van der Waals surface area contributed by atoms with Gasteiger partial charge in [-0.3, -0.25) is 0 Å². The van der Waals surface area contributed by atoms with Gasteiger partial charge in [-0.25, -0.2) is 9.59 Å². The van der Waals surface area contributed by atoms with Gasteiger partial charge in [-0.1, -0.05) is 83.2 Å². The topological polar surface area (TPSA) is 115 Å². The van der Waals surface area contributed by atoms with Crippen LogP contribution in [0.4, 0.5) is 0 Å². The van der Waals surface area contributed by atoms with Gasteiger partial charge in [-0.15, -0.1) is 0 Å². The fraction of sp³-hybridized carbons (Fsp3) is 0.644. The minimum Gasteiger partial charge on any atom is -0.505 e. The molecule has 2 aromatic rings. The van der Waals surface area contributed by atoms with Crippen molar-refractivity contribution in [3.05, 3.63) is 62.6 Å². The Balaban J connectivity index is 1.17. The van der Waals surface area contributed by atoms with Crippen LogP contribution in [0.5, 0.6) is 11.5 Å². The Morgan fingerprint density at radius 2 is 1.38 bits per heavy atom. The number of aromatic hydroxyl groups is 2. The first kappa shape index (κ1) is 40.0. The van der Waals surface area contributed by atoms with E-state index in [1.54, 1.807) is 0 Å². The van der Waals surface area contributed by atoms with E-state index in [9.17, 15) is 30.0 Å². The molecule has 0 aliphatic heterocycles. The Labute approximate surface area is 326 Å². The van der Waals surface area contributed by atoms with Crippen LogP contribution in [-0.4, -0.2) is 32.4 Å². The summed E-state index contributed by atoms with van der Waals surface area (Å²) in [6.45, 7) is 12.6. The van der Waals surface area contributed by atoms with Gasteiger partial charge in [0.15, 0.2) is 0 Å². The number of aromatic carboxylic acids is 2. The molecule has 0 amide bonds. The summed E-state index contributed by atoms with van der Waals surface area (Å²) in [5, 5.41) is 40.0. The Hall–Kier alpha value is -2.70. The summed E-state index contributed by atoms with van der Waals surface area (Å²) in [6.07, 6.45) is 19.8. The van der Waals surface area contributed by atoms with Gasteiger partial charge in [0.25, 0.3) is 0 Å². The molecule has 53 heavy (non-hydrogen) atoms. The smallest absolute Gasteiger partial charge is 0.339 e. The van der Waals surface area contributed by atoms with E-state index in [-0.39, 0.29) is 21.2 Å². The first-order chi connectivity index (χ1) is 25.0. The minimum atomic E-state index is -1.33. The number of hydrogen-bond acceptors (Lipinski definition) is 4. The van der Waals surface area contributed by atoms with Crippen molar-refractivity contribution in [2.45, 2.75) is 125 Å². The van der Waals surface area contributed by atoms with Crippen LogP contribution in [0.15, 0.2) is 30.3 Å². The minimum absolute atomic E-state index is 0.122. The van der Waals surface area contributed by atoms with Gasteiger partial charge in [0.2, 0.25) is 0 Å². The van der Waals surface area contributed by atoms with Crippen molar-refractivity contribution in [3.8, 4) is 11.5 Å². The summed E-state index contributed by atoms with van der Waals surface area (Å²) in [5.41, 5.74) is 1.58. The van der Waals surface area contributed by atoms with Gasteiger partial charge in [0.05, 0.1) is 10.0 Å². The standard InChI is InChI=1S/C45H60Cl2O6/c1-25(2)8-6-9-26(3)35-14-15-36-32-13-12-30-20-27(16-18-44(30,4)37(32)17-19-45(35,36)5)10-7-11-31(28-21-33(42(50)51)40(48)38(46)23-28)29-22-34(43(52)53)41(49)39(47)24-29/h11,21-27,30,32,35-37,48-49H,6-10,12-20H2,1-5H3,(H,50,51)(H,52,53)/t26-,27-,30?,32+,35?,36?,37?,44+,45-/m1/s1. The van der Waals surface area contributed by atoms with Crippen LogP contribution in [0, 0.1) is 58.2 Å². The van der Waals surface area contributed by atoms with Crippen molar-refractivity contribution in [1.82, 2.24) is 0 Å². The van der Waals surface area contributed by atoms with Gasteiger partial charge in [0, 0.05) is 0 Å². The van der Waals surface area contributed by atoms with Crippen LogP contribution in [0.25, 0.3) is 5.57 Å². The summed E-state index contributed by atoms with van der Waals surface area (Å²) in [4.78, 5) is 23.9. The molecule has 4 saturated carbocycles. The SMILES string of the molecule is CC(C)CCC[C@@H](C)C1CCC2[C@@H]3CCC4C[C@H](CCC=C(c5cc(Cl)c(O)c(C(=O)O)c5)c5cc(Cl)c(O)c(C(=O)O)c5)CC[C@]4(C)C3CC[C@@]21C. The Morgan fingerprint density at radius 1 is 0.792 bits per heavy atom. The molecule has 9 atom stereocenters. The molecule has 8 heteroatoms. The van der Waals surface area contributed by atoms with Crippen LogP contribution in [0.3, 0.4) is 0 Å². The van der Waals surface area contributed by atoms with Crippen molar-refractivity contribution in [2.24, 2.45) is 58.2 Å². The zero-order chi connectivity index (χ0) is 38.4. The summed E-state index contributed by atoms with van der Waals surface area (Å²) in [5.74, 6) is 2.64. The quantitative estimate of drug-likeness (QED) is 0.171. The molecule has 2 aromatic carbocycles. The lowest BCUT2D eigenvalue weighted by Crippen LogP contribution is -2.53. The highest BCUT2D eigenvalue weighted by atomic mass is 35.5. The zero-order valence-electron chi connectivity index (χ0n) is 32.3. The molecule has 290 valence electrons. The number of hydrogen-bond donors (Lipinski definition) is 4. The van der Waals surface area contributed by atoms with Gasteiger partial charge >= 0.3 is 11.9 Å². The Kier molecular flexibility index (Phi) is 11.9. The highest BCUT2D eigenvalue weighted by Crippen LogP contribution is 2.69. The number of carboxylic acids is 2. The Bertz CT molecular complexity index is 1660. The van der Waals surface area contributed by atoms with Crippen molar-refractivity contribution in [3.63, 3.8) is 0 Å². The lowest BCUT2D eigenvalue weighted by atomic mass is 9.44. The van der Waals surface area contributed by atoms with Crippen LogP contribution >= 0.6 is 23.2 Å². The number of rotatable bonds is 12. The number of carbonyl (C=O) groups is 2. The molecule has 0 bridgehead atoms. The molecule has 4 fully saturated rings. The summed E-state index contributed by atoms with van der Waals surface area (Å²) >= 11 is 12.6. The summed E-state index contributed by atoms with van der Waals surface area (Å²) in [7, 11) is 0. The van der Waals surface area contributed by atoms with Crippen LogP contribution in [0.1, 0.15) is 156 Å². The average molecular weight is 768 g/mol. The van der Waals surface area contributed by atoms with E-state index in [0.717, 1.165) is 47.8 Å². The molecule has 6 nitrogen and oxygen atoms in total. The molecule has 6 rings (SSSR count). The van der Waals surface area contributed by atoms with E-state index in [0.29, 0.717) is 39.9 Å². The first-order valence-corrected chi connectivity index (χ1v) is 21.0. The first-order valence-electron chi connectivity index (χ1n) is 20.3. The number of allylic oxidation sites excluding steroid dienone is 1. The van der Waals surface area contributed by atoms with E-state index >= 15 is 0 Å². The third kappa shape index (κ3) is 7.75. The molecule has 0 aromatic heterocycles. The van der Waals surface area contributed by atoms with Crippen LogP contribution in [-0.2, 0) is 0 Å². The normalized spacial score (nSPS) is 31.3. The maximum atomic E-state index is 12.0. The number of halogens is 2. The summed E-state index contributed by atoms with van der Waals surface area (Å²) in [6, 6.07) is 5.65. The number of benzene rings is 2. The van der Waals surface area contributed by atoms with Crippen LogP contribution < -0.4 is 0 Å². The van der Waals surface area contributed by atoms with E-state index < -0.39 is 23.4 Å². The fourth-order valence-electron chi connectivity index (χ4n) is 12.3. The third-order valence-electron chi connectivity index (χ3n) is 15.1. The fourth-order valence-corrected chi connectivity index (χ4v) is 12.8. The monoisotopic (exact) mass is 766 g/mol. The van der Waals surface area contributed by atoms with Gasteiger partial charge in [-0.05, 0) is 170 Å². The number of carboxylic acid groups (broad SMARTS) is 2.